The van der Waals surface area contributed by atoms with E-state index in [-0.39, 0.29) is 6.04 Å². The van der Waals surface area contributed by atoms with Gasteiger partial charge in [-0.05, 0) is 74.2 Å². The minimum absolute atomic E-state index is 0.127. The molecule has 1 aliphatic heterocycles. The first-order chi connectivity index (χ1) is 12.1. The molecule has 0 amide bonds. The highest BCUT2D eigenvalue weighted by Crippen LogP contribution is 2.24. The van der Waals surface area contributed by atoms with Gasteiger partial charge in [-0.1, -0.05) is 24.3 Å². The fourth-order valence-corrected chi connectivity index (χ4v) is 3.47. The van der Waals surface area contributed by atoms with Crippen LogP contribution in [0.1, 0.15) is 36.9 Å². The second kappa shape index (κ2) is 8.37. The Hall–Kier alpha value is -2.04. The molecule has 2 aromatic rings. The van der Waals surface area contributed by atoms with Crippen molar-refractivity contribution in [3.8, 4) is 5.75 Å². The van der Waals surface area contributed by atoms with Crippen LogP contribution < -0.4 is 5.32 Å². The van der Waals surface area contributed by atoms with E-state index in [4.69, 9.17) is 0 Å². The zero-order chi connectivity index (χ0) is 17.6. The Kier molecular flexibility index (Phi) is 5.95. The van der Waals surface area contributed by atoms with Crippen molar-refractivity contribution in [1.29, 1.82) is 0 Å². The number of anilines is 1. The fraction of sp³-hybridized carbons (Fsp3) is 0.429. The number of phenolic OH excluding ortho intramolecular Hbond substituents is 1. The maximum absolute atomic E-state index is 9.64. The summed E-state index contributed by atoms with van der Waals surface area (Å²) in [7, 11) is 0. The van der Waals surface area contributed by atoms with Crippen molar-refractivity contribution in [3.63, 3.8) is 0 Å². The third kappa shape index (κ3) is 4.97. The number of hydrogen-bond donors (Lipinski definition) is 3. The van der Waals surface area contributed by atoms with Crippen molar-refractivity contribution >= 4 is 5.69 Å². The summed E-state index contributed by atoms with van der Waals surface area (Å²) in [5, 5.41) is 22.4. The molecule has 4 nitrogen and oxygen atoms in total. The molecule has 1 saturated heterocycles. The Morgan fingerprint density at radius 3 is 2.60 bits per heavy atom. The molecule has 0 spiro atoms. The van der Waals surface area contributed by atoms with E-state index in [9.17, 15) is 10.2 Å². The van der Waals surface area contributed by atoms with Crippen molar-refractivity contribution in [1.82, 2.24) is 4.90 Å². The number of aromatic hydroxyl groups is 1. The first kappa shape index (κ1) is 17.8. The molecular formula is C21H28N2O2. The number of likely N-dealkylation sites (tertiary alicyclic amines) is 1. The Bertz CT molecular complexity index is 681. The molecule has 0 aliphatic carbocycles. The van der Waals surface area contributed by atoms with Crippen LogP contribution in [0.4, 0.5) is 5.69 Å². The van der Waals surface area contributed by atoms with Gasteiger partial charge in [-0.2, -0.15) is 0 Å². The Morgan fingerprint density at radius 1 is 1.12 bits per heavy atom. The molecule has 134 valence electrons. The number of phenols is 1. The predicted molar refractivity (Wildman–Crippen MR) is 102 cm³/mol. The lowest BCUT2D eigenvalue weighted by molar-refractivity contribution is 0.127. The van der Waals surface area contributed by atoms with Gasteiger partial charge in [0.1, 0.15) is 5.75 Å². The van der Waals surface area contributed by atoms with Crippen LogP contribution in [0.2, 0.25) is 0 Å². The first-order valence-electron chi connectivity index (χ1n) is 9.11. The highest BCUT2D eigenvalue weighted by Gasteiger charge is 2.18. The summed E-state index contributed by atoms with van der Waals surface area (Å²) in [5.74, 6) is 0.776. The number of nitrogens with one attached hydrogen (secondary N) is 1. The summed E-state index contributed by atoms with van der Waals surface area (Å²) in [5.41, 5.74) is 3.46. The summed E-state index contributed by atoms with van der Waals surface area (Å²) in [6, 6.07) is 16.1. The van der Waals surface area contributed by atoms with E-state index in [1.807, 2.05) is 12.1 Å². The number of aliphatic hydroxyl groups is 1. The quantitative estimate of drug-likeness (QED) is 0.749. The van der Waals surface area contributed by atoms with E-state index in [0.29, 0.717) is 18.3 Å². The van der Waals surface area contributed by atoms with E-state index in [0.717, 1.165) is 43.7 Å². The van der Waals surface area contributed by atoms with Crippen molar-refractivity contribution in [2.24, 2.45) is 5.92 Å². The summed E-state index contributed by atoms with van der Waals surface area (Å²) >= 11 is 0. The van der Waals surface area contributed by atoms with Crippen LogP contribution in [0.15, 0.2) is 48.5 Å². The van der Waals surface area contributed by atoms with Crippen molar-refractivity contribution in [2.75, 3.05) is 25.0 Å². The Labute approximate surface area is 150 Å². The monoisotopic (exact) mass is 340 g/mol. The molecule has 1 atom stereocenters. The maximum Gasteiger partial charge on any atom is 0.115 e. The summed E-state index contributed by atoms with van der Waals surface area (Å²) in [6.45, 7) is 5.49. The number of rotatable bonds is 6. The van der Waals surface area contributed by atoms with Crippen molar-refractivity contribution in [3.05, 3.63) is 59.7 Å². The third-order valence-electron chi connectivity index (χ3n) is 5.05. The van der Waals surface area contributed by atoms with Gasteiger partial charge in [-0.25, -0.2) is 0 Å². The Balaban J connectivity index is 1.60. The van der Waals surface area contributed by atoms with Crippen LogP contribution in [0, 0.1) is 5.92 Å². The SMILES string of the molecule is C[C@@H](Nc1cccc(CN2CCC(CO)CC2)c1)c1cccc(O)c1. The molecule has 4 heteroatoms. The molecule has 1 aliphatic rings. The summed E-state index contributed by atoms with van der Waals surface area (Å²) in [6.07, 6.45) is 2.17. The topological polar surface area (TPSA) is 55.7 Å². The zero-order valence-corrected chi connectivity index (χ0v) is 14.9. The van der Waals surface area contributed by atoms with Crippen molar-refractivity contribution < 1.29 is 10.2 Å². The molecule has 25 heavy (non-hydrogen) atoms. The van der Waals surface area contributed by atoms with E-state index >= 15 is 0 Å². The molecule has 3 rings (SSSR count). The number of aliphatic hydroxyl groups excluding tert-OH is 1. The molecule has 0 bridgehead atoms. The molecule has 1 heterocycles. The second-order valence-electron chi connectivity index (χ2n) is 7.06. The van der Waals surface area contributed by atoms with Crippen LogP contribution >= 0.6 is 0 Å². The van der Waals surface area contributed by atoms with Gasteiger partial charge in [0.15, 0.2) is 0 Å². The lowest BCUT2D eigenvalue weighted by atomic mass is 9.97. The van der Waals surface area contributed by atoms with Crippen LogP contribution in [0.5, 0.6) is 5.75 Å². The lowest BCUT2D eigenvalue weighted by Gasteiger charge is -2.31. The molecule has 0 unspecified atom stereocenters. The number of hydrogen-bond acceptors (Lipinski definition) is 4. The molecule has 0 radical (unpaired) electrons. The highest BCUT2D eigenvalue weighted by molar-refractivity contribution is 5.48. The summed E-state index contributed by atoms with van der Waals surface area (Å²) in [4.78, 5) is 2.46. The standard InChI is InChI=1S/C21H28N2O2/c1-16(19-5-3-7-21(25)13-19)22-20-6-2-4-18(12-20)14-23-10-8-17(15-24)9-11-23/h2-7,12-13,16-17,22,24-25H,8-11,14-15H2,1H3/t16-/m1/s1. The predicted octanol–water partition coefficient (Wildman–Crippen LogP) is 3.77. The lowest BCUT2D eigenvalue weighted by Crippen LogP contribution is -2.34. The Morgan fingerprint density at radius 2 is 1.88 bits per heavy atom. The van der Waals surface area contributed by atoms with E-state index in [2.05, 4.69) is 41.4 Å². The average molecular weight is 340 g/mol. The van der Waals surface area contributed by atoms with Crippen LogP contribution in [-0.4, -0.2) is 34.8 Å². The normalized spacial score (nSPS) is 17.4. The number of benzene rings is 2. The van der Waals surface area contributed by atoms with Gasteiger partial charge in [0.05, 0.1) is 0 Å². The van der Waals surface area contributed by atoms with Gasteiger partial charge in [0, 0.05) is 24.9 Å². The minimum atomic E-state index is 0.127. The van der Waals surface area contributed by atoms with Gasteiger partial charge in [0.2, 0.25) is 0 Å². The molecule has 0 saturated carbocycles. The molecule has 1 fully saturated rings. The second-order valence-corrected chi connectivity index (χ2v) is 7.06. The minimum Gasteiger partial charge on any atom is -0.508 e. The van der Waals surface area contributed by atoms with Gasteiger partial charge in [-0.15, -0.1) is 0 Å². The largest absolute Gasteiger partial charge is 0.508 e. The third-order valence-corrected chi connectivity index (χ3v) is 5.05. The number of nitrogens with zero attached hydrogens (tertiary/aromatic N) is 1. The van der Waals surface area contributed by atoms with E-state index < -0.39 is 0 Å². The van der Waals surface area contributed by atoms with Crippen LogP contribution in [-0.2, 0) is 6.54 Å². The van der Waals surface area contributed by atoms with Crippen LogP contribution in [0.3, 0.4) is 0 Å². The van der Waals surface area contributed by atoms with Crippen molar-refractivity contribution in [2.45, 2.75) is 32.4 Å². The maximum atomic E-state index is 9.64. The van der Waals surface area contributed by atoms with Gasteiger partial charge >= 0.3 is 0 Å². The highest BCUT2D eigenvalue weighted by atomic mass is 16.3. The average Bonchev–Trinajstić information content (AvgIpc) is 2.63. The zero-order valence-electron chi connectivity index (χ0n) is 14.9. The first-order valence-corrected chi connectivity index (χ1v) is 9.11. The molecule has 3 N–H and O–H groups in total. The van der Waals surface area contributed by atoms with Gasteiger partial charge in [-0.3, -0.25) is 4.90 Å². The fourth-order valence-electron chi connectivity index (χ4n) is 3.47. The molecular weight excluding hydrogens is 312 g/mol. The smallest absolute Gasteiger partial charge is 0.115 e. The summed E-state index contributed by atoms with van der Waals surface area (Å²) < 4.78 is 0. The number of piperidine rings is 1. The van der Waals surface area contributed by atoms with Gasteiger partial charge < -0.3 is 15.5 Å². The van der Waals surface area contributed by atoms with E-state index in [1.165, 1.54) is 5.56 Å². The van der Waals surface area contributed by atoms with Crippen LogP contribution in [0.25, 0.3) is 0 Å². The van der Waals surface area contributed by atoms with Gasteiger partial charge in [0.25, 0.3) is 0 Å². The van der Waals surface area contributed by atoms with E-state index in [1.54, 1.807) is 12.1 Å². The molecule has 0 aromatic heterocycles. The molecule has 2 aromatic carbocycles.